The van der Waals surface area contributed by atoms with E-state index in [-0.39, 0.29) is 42.0 Å². The van der Waals surface area contributed by atoms with Gasteiger partial charge in [-0.25, -0.2) is 0 Å². The Hall–Kier alpha value is 3.09. The van der Waals surface area contributed by atoms with Crippen molar-refractivity contribution < 1.29 is 17.5 Å². The van der Waals surface area contributed by atoms with Crippen molar-refractivity contribution in [2.75, 3.05) is 0 Å². The fourth-order valence-corrected chi connectivity index (χ4v) is 0. The summed E-state index contributed by atoms with van der Waals surface area (Å²) in [7, 11) is -4.67. The third-order valence-corrected chi connectivity index (χ3v) is 0. The molecular weight excluding hydrogens is 229 g/mol. The van der Waals surface area contributed by atoms with Crippen LogP contribution in [0.2, 0.25) is 0 Å². The van der Waals surface area contributed by atoms with Gasteiger partial charge >= 0.3 is 90.9 Å². The van der Waals surface area contributed by atoms with E-state index in [0.29, 0.717) is 47.1 Å². The molecule has 9 heavy (non-hydrogen) atoms. The van der Waals surface area contributed by atoms with Crippen LogP contribution in [0.15, 0.2) is 0 Å². The minimum atomic E-state index is -4.67. The van der Waals surface area contributed by atoms with Crippen LogP contribution < -0.4 is 0 Å². The van der Waals surface area contributed by atoms with Gasteiger partial charge in [0.25, 0.3) is 0 Å². The van der Waals surface area contributed by atoms with Crippen molar-refractivity contribution in [3.8, 4) is 0 Å². The average Bonchev–Trinajstić information content (AvgIpc) is 1.36. The number of hydrogen-bond acceptors (Lipinski definition) is 2. The molecule has 0 amide bonds. The maximum absolute atomic E-state index is 8.74. The third-order valence-electron chi connectivity index (χ3n) is 0. The second-order valence-electron chi connectivity index (χ2n) is 0.448. The summed E-state index contributed by atoms with van der Waals surface area (Å²) in [6, 6.07) is 0. The van der Waals surface area contributed by atoms with E-state index in [4.69, 9.17) is 21.3 Å². The molecule has 0 bridgehead atoms. The van der Waals surface area contributed by atoms with Crippen molar-refractivity contribution in [3.63, 3.8) is 0 Å². The minimum absolute atomic E-state index is 0. The van der Waals surface area contributed by atoms with Crippen LogP contribution >= 0.6 is 16.2 Å². The fourth-order valence-electron chi connectivity index (χ4n) is 0. The molecule has 0 aliphatic carbocycles. The zero-order valence-electron chi connectivity index (χ0n) is 3.91. The molecule has 0 atom stereocenters. The molecule has 0 aliphatic heterocycles. The second kappa shape index (κ2) is 13.7. The van der Waals surface area contributed by atoms with Crippen molar-refractivity contribution in [3.05, 3.63) is 0 Å². The Morgan fingerprint density at radius 2 is 1.22 bits per heavy atom. The normalized spacial score (nSPS) is 7.22. The van der Waals surface area contributed by atoms with Crippen molar-refractivity contribution in [1.29, 1.82) is 0 Å². The molecule has 0 rings (SSSR count). The van der Waals surface area contributed by atoms with Gasteiger partial charge in [0.1, 0.15) is 0 Å². The summed E-state index contributed by atoms with van der Waals surface area (Å²) in [6.45, 7) is 0. The topological polar surface area (TPSA) is 74.6 Å². The molecule has 0 heterocycles. The summed E-state index contributed by atoms with van der Waals surface area (Å²) >= 11 is 0.535. The van der Waals surface area contributed by atoms with Crippen molar-refractivity contribution in [2.45, 2.75) is 0 Å². The Labute approximate surface area is 118 Å². The molecule has 0 aromatic carbocycles. The molecular formula is H4Cl2KNaO4S. The van der Waals surface area contributed by atoms with E-state index in [2.05, 4.69) is 0 Å². The predicted octanol–water partition coefficient (Wildman–Crippen LogP) is -0.571. The van der Waals surface area contributed by atoms with Gasteiger partial charge in [0.15, 0.2) is 0 Å². The summed E-state index contributed by atoms with van der Waals surface area (Å²) in [4.78, 5) is 0. The monoisotopic (exact) mass is 232 g/mol. The van der Waals surface area contributed by atoms with Gasteiger partial charge in [-0.15, -0.1) is 12.4 Å². The summed E-state index contributed by atoms with van der Waals surface area (Å²) in [6.07, 6.45) is 0. The molecule has 50 valence electrons. The molecule has 0 spiro atoms. The molecule has 0 saturated heterocycles. The van der Waals surface area contributed by atoms with E-state index in [0.717, 1.165) is 0 Å². The van der Waals surface area contributed by atoms with Crippen LogP contribution in [0.3, 0.4) is 0 Å². The van der Waals surface area contributed by atoms with Crippen LogP contribution in [0.1, 0.15) is 0 Å². The molecule has 0 aromatic heterocycles. The SMILES string of the molecule is Cl.O=S(=O)(O)O.[Cl][K].[NaH]. The number of rotatable bonds is 0. The van der Waals surface area contributed by atoms with Gasteiger partial charge in [-0.05, 0) is 0 Å². The van der Waals surface area contributed by atoms with Crippen LogP contribution in [0.5, 0.6) is 0 Å². The Balaban J connectivity index is -0.0000000286. The van der Waals surface area contributed by atoms with E-state index in [1.165, 1.54) is 0 Å². The predicted molar refractivity (Wildman–Crippen MR) is 40.2 cm³/mol. The molecule has 0 saturated carbocycles. The molecule has 0 fully saturated rings. The Kier molecular flexibility index (Phi) is 34.5. The Morgan fingerprint density at radius 3 is 1.22 bits per heavy atom. The van der Waals surface area contributed by atoms with Crippen LogP contribution in [-0.4, -0.2) is 94.2 Å². The van der Waals surface area contributed by atoms with E-state index in [1.54, 1.807) is 0 Å². The van der Waals surface area contributed by atoms with Crippen molar-refractivity contribution in [1.82, 2.24) is 0 Å². The van der Waals surface area contributed by atoms with Gasteiger partial charge in [-0.3, -0.25) is 9.11 Å². The van der Waals surface area contributed by atoms with E-state index in [1.807, 2.05) is 0 Å². The van der Waals surface area contributed by atoms with Gasteiger partial charge in [0.05, 0.1) is 0 Å². The summed E-state index contributed by atoms with van der Waals surface area (Å²) < 4.78 is 36.4. The first kappa shape index (κ1) is 22.7. The summed E-state index contributed by atoms with van der Waals surface area (Å²) in [5.41, 5.74) is 0. The molecule has 0 radical (unpaired) electrons. The number of halogens is 2. The maximum atomic E-state index is 8.74. The van der Waals surface area contributed by atoms with Gasteiger partial charge in [-0.2, -0.15) is 8.42 Å². The van der Waals surface area contributed by atoms with Crippen LogP contribution in [0.25, 0.3) is 0 Å². The molecule has 9 heteroatoms. The van der Waals surface area contributed by atoms with Crippen LogP contribution in [0, 0.1) is 0 Å². The standard InChI is InChI=1S/2ClH.K.Na.H2O4S.H/c;;;;1-5(2,3)4;/h2*1H;;;(H2,1,2,3,4);/q;;+1;;;/p-1. The molecule has 0 unspecified atom stereocenters. The first-order chi connectivity index (χ1) is 3.00. The first-order valence-corrected chi connectivity index (χ1v) is 6.77. The third kappa shape index (κ3) is 96.1. The van der Waals surface area contributed by atoms with Crippen LogP contribution in [-0.2, 0) is 10.4 Å². The molecule has 0 aliphatic rings. The summed E-state index contributed by atoms with van der Waals surface area (Å²) in [5.74, 6) is 0. The molecule has 0 aromatic rings. The zero-order valence-corrected chi connectivity index (χ0v) is 9.42. The van der Waals surface area contributed by atoms with E-state index >= 15 is 0 Å². The van der Waals surface area contributed by atoms with Crippen LogP contribution in [0.4, 0.5) is 0 Å². The van der Waals surface area contributed by atoms with E-state index in [9.17, 15) is 0 Å². The Morgan fingerprint density at radius 1 is 1.22 bits per heavy atom. The van der Waals surface area contributed by atoms with E-state index < -0.39 is 10.4 Å². The van der Waals surface area contributed by atoms with Gasteiger partial charge in [0.2, 0.25) is 0 Å². The molecule has 2 N–H and O–H groups in total. The average molecular weight is 233 g/mol. The van der Waals surface area contributed by atoms with Crippen molar-refractivity contribution >= 4 is 103 Å². The second-order valence-corrected chi connectivity index (χ2v) is 1.34. The number of hydrogen-bond donors (Lipinski definition) is 2. The fraction of sp³-hybridized carbons (Fsp3) is 0. The first-order valence-electron chi connectivity index (χ1n) is 1.08. The van der Waals surface area contributed by atoms with Gasteiger partial charge < -0.3 is 0 Å². The Bertz CT molecular complexity index is 102. The summed E-state index contributed by atoms with van der Waals surface area (Å²) in [5, 5.41) is 0. The van der Waals surface area contributed by atoms with Crippen molar-refractivity contribution in [2.24, 2.45) is 0 Å². The zero-order chi connectivity index (χ0) is 6.50. The van der Waals surface area contributed by atoms with Gasteiger partial charge in [-0.1, -0.05) is 0 Å². The molecule has 4 nitrogen and oxygen atoms in total. The van der Waals surface area contributed by atoms with Gasteiger partial charge in [0, 0.05) is 0 Å². The quantitative estimate of drug-likeness (QED) is 0.434.